The molecule has 0 heterocycles. The van der Waals surface area contributed by atoms with E-state index in [1.807, 2.05) is 6.92 Å². The normalized spacial score (nSPS) is 11.4. The standard InChI is InChI=1S/C27H23Cl2N3O6S.Na/c1-3-15-9-12-22(39(35,36)37)23(29)24(15)31-32-25-18-8-6-5-7-16(18)13-19(26(25)33)27(34)30-21-11-10-17(38-4-2)14-20(21)28;/h5-14,33H,3-4H2,1-2H3,(H,30,34)(H,35,36,37);/q;+1/p-1. The van der Waals surface area contributed by atoms with Gasteiger partial charge in [-0.2, -0.15) is 13.5 Å². The van der Waals surface area contributed by atoms with Gasteiger partial charge >= 0.3 is 29.6 Å². The molecule has 4 aromatic carbocycles. The number of anilines is 1. The van der Waals surface area contributed by atoms with Crippen molar-refractivity contribution in [2.45, 2.75) is 25.2 Å². The molecular formula is C27H22Cl2N3NaO6S. The summed E-state index contributed by atoms with van der Waals surface area (Å²) in [4.78, 5) is 12.6. The maximum atomic E-state index is 13.5. The molecular weight excluding hydrogens is 588 g/mol. The SMILES string of the molecule is CCOc1ccc(NC(=O)c2cc3ccccc3c(N=Nc3c(CC)ccc(S(=O)(=O)O)c3Cl)c2[O-])c(Cl)c1.[Na+]. The van der Waals surface area contributed by atoms with E-state index < -0.39 is 26.7 Å². The number of halogens is 2. The molecule has 9 nitrogen and oxygen atoms in total. The molecule has 40 heavy (non-hydrogen) atoms. The van der Waals surface area contributed by atoms with Gasteiger partial charge in [0.1, 0.15) is 16.3 Å². The summed E-state index contributed by atoms with van der Waals surface area (Å²) in [5.41, 5.74) is 0.440. The maximum absolute atomic E-state index is 13.5. The molecule has 1 amide bonds. The molecule has 0 aliphatic carbocycles. The maximum Gasteiger partial charge on any atom is 1.00 e. The van der Waals surface area contributed by atoms with Crippen molar-refractivity contribution in [1.29, 1.82) is 0 Å². The van der Waals surface area contributed by atoms with E-state index >= 15 is 0 Å². The second-order valence-corrected chi connectivity index (χ2v) is 10.4. The Bertz CT molecular complexity index is 1730. The first kappa shape index (κ1) is 31.8. The van der Waals surface area contributed by atoms with Crippen LogP contribution in [-0.4, -0.2) is 25.5 Å². The van der Waals surface area contributed by atoms with E-state index in [0.717, 1.165) is 0 Å². The largest absolute Gasteiger partial charge is 1.00 e. The van der Waals surface area contributed by atoms with E-state index in [-0.39, 0.29) is 62.2 Å². The topological polar surface area (TPSA) is 140 Å². The van der Waals surface area contributed by atoms with Gasteiger partial charge in [-0.25, -0.2) is 0 Å². The van der Waals surface area contributed by atoms with E-state index in [9.17, 15) is 22.9 Å². The van der Waals surface area contributed by atoms with Crippen molar-refractivity contribution in [3.63, 3.8) is 0 Å². The van der Waals surface area contributed by atoms with Gasteiger partial charge in [-0.3, -0.25) is 9.35 Å². The number of amides is 1. The van der Waals surface area contributed by atoms with Gasteiger partial charge in [-0.1, -0.05) is 66.2 Å². The Morgan fingerprint density at radius 2 is 1.73 bits per heavy atom. The molecule has 0 spiro atoms. The van der Waals surface area contributed by atoms with Crippen molar-refractivity contribution in [1.82, 2.24) is 0 Å². The summed E-state index contributed by atoms with van der Waals surface area (Å²) in [7, 11) is -4.63. The van der Waals surface area contributed by atoms with Gasteiger partial charge in [0.25, 0.3) is 16.0 Å². The third kappa shape index (κ3) is 6.77. The summed E-state index contributed by atoms with van der Waals surface area (Å²) in [6.45, 7) is 4.07. The smallest absolute Gasteiger partial charge is 0.870 e. The number of nitrogens with one attached hydrogen (secondary N) is 1. The van der Waals surface area contributed by atoms with Crippen molar-refractivity contribution in [2.24, 2.45) is 10.2 Å². The van der Waals surface area contributed by atoms with Crippen LogP contribution in [0.15, 0.2) is 75.8 Å². The first-order valence-corrected chi connectivity index (χ1v) is 13.9. The number of aryl methyl sites for hydroxylation is 1. The first-order valence-electron chi connectivity index (χ1n) is 11.7. The molecule has 0 unspecified atom stereocenters. The molecule has 0 aliphatic heterocycles. The second-order valence-electron chi connectivity index (χ2n) is 8.27. The number of ether oxygens (including phenoxy) is 1. The van der Waals surface area contributed by atoms with E-state index in [2.05, 4.69) is 15.5 Å². The summed E-state index contributed by atoms with van der Waals surface area (Å²) in [5.74, 6) is -0.896. The zero-order valence-corrected chi connectivity index (χ0v) is 26.1. The molecule has 4 rings (SSSR count). The van der Waals surface area contributed by atoms with Crippen LogP contribution in [0.2, 0.25) is 10.0 Å². The number of azo groups is 1. The summed E-state index contributed by atoms with van der Waals surface area (Å²) in [6, 6.07) is 15.6. The van der Waals surface area contributed by atoms with Crippen LogP contribution in [0.1, 0.15) is 29.8 Å². The number of fused-ring (bicyclic) bond motifs is 1. The first-order chi connectivity index (χ1) is 18.5. The predicted octanol–water partition coefficient (Wildman–Crippen LogP) is 4.10. The van der Waals surface area contributed by atoms with Crippen LogP contribution in [0.25, 0.3) is 10.8 Å². The van der Waals surface area contributed by atoms with Gasteiger partial charge < -0.3 is 15.2 Å². The summed E-state index contributed by atoms with van der Waals surface area (Å²) in [6.07, 6.45) is 0.413. The van der Waals surface area contributed by atoms with Gasteiger partial charge in [-0.15, -0.1) is 5.11 Å². The summed E-state index contributed by atoms with van der Waals surface area (Å²) < 4.78 is 38.4. The number of rotatable bonds is 8. The number of hydrogen-bond acceptors (Lipinski definition) is 7. The van der Waals surface area contributed by atoms with Crippen LogP contribution in [0.5, 0.6) is 11.5 Å². The fourth-order valence-electron chi connectivity index (χ4n) is 3.90. The Labute approximate surface area is 263 Å². The molecule has 0 saturated heterocycles. The molecule has 0 aromatic heterocycles. The van der Waals surface area contributed by atoms with Crippen molar-refractivity contribution in [3.8, 4) is 11.5 Å². The van der Waals surface area contributed by atoms with E-state index in [1.165, 1.54) is 18.2 Å². The van der Waals surface area contributed by atoms with Crippen LogP contribution in [0.4, 0.5) is 17.1 Å². The average molecular weight is 610 g/mol. The van der Waals surface area contributed by atoms with Gasteiger partial charge in [-0.05, 0) is 48.6 Å². The molecule has 202 valence electrons. The Balaban J connectivity index is 0.00000441. The Hall–Kier alpha value is -2.70. The van der Waals surface area contributed by atoms with E-state index in [1.54, 1.807) is 49.4 Å². The van der Waals surface area contributed by atoms with E-state index in [0.29, 0.717) is 35.1 Å². The third-order valence-electron chi connectivity index (χ3n) is 5.79. The van der Waals surface area contributed by atoms with Crippen molar-refractivity contribution >= 4 is 67.1 Å². The fourth-order valence-corrected chi connectivity index (χ4v) is 5.19. The predicted molar refractivity (Wildman–Crippen MR) is 149 cm³/mol. The summed E-state index contributed by atoms with van der Waals surface area (Å²) in [5, 5.41) is 25.2. The number of benzene rings is 4. The van der Waals surface area contributed by atoms with Crippen LogP contribution < -0.4 is 44.7 Å². The van der Waals surface area contributed by atoms with Crippen molar-refractivity contribution in [3.05, 3.63) is 81.8 Å². The minimum absolute atomic E-state index is 0. The van der Waals surface area contributed by atoms with E-state index in [4.69, 9.17) is 27.9 Å². The Morgan fingerprint density at radius 3 is 2.38 bits per heavy atom. The molecule has 0 bridgehead atoms. The molecule has 0 atom stereocenters. The van der Waals surface area contributed by atoms with Crippen LogP contribution in [-0.2, 0) is 16.5 Å². The minimum atomic E-state index is -4.63. The average Bonchev–Trinajstić information content (AvgIpc) is 2.89. The van der Waals surface area contributed by atoms with Crippen molar-refractivity contribution in [2.75, 3.05) is 11.9 Å². The third-order valence-corrected chi connectivity index (χ3v) is 7.50. The van der Waals surface area contributed by atoms with Crippen molar-refractivity contribution < 1.29 is 57.2 Å². The van der Waals surface area contributed by atoms with Gasteiger partial charge in [0.15, 0.2) is 0 Å². The quantitative estimate of drug-likeness (QED) is 0.175. The number of carbonyl (C=O) groups excluding carboxylic acids is 1. The minimum Gasteiger partial charge on any atom is -0.870 e. The molecule has 13 heteroatoms. The van der Waals surface area contributed by atoms with Crippen LogP contribution in [0, 0.1) is 0 Å². The second kappa shape index (κ2) is 13.3. The fraction of sp³-hybridized carbons (Fsp3) is 0.148. The molecule has 0 aliphatic rings. The van der Waals surface area contributed by atoms with Crippen LogP contribution >= 0.6 is 23.2 Å². The zero-order chi connectivity index (χ0) is 28.3. The van der Waals surface area contributed by atoms with Crippen LogP contribution in [0.3, 0.4) is 0 Å². The number of carbonyl (C=O) groups is 1. The van der Waals surface area contributed by atoms with Gasteiger partial charge in [0.05, 0.1) is 28.0 Å². The van der Waals surface area contributed by atoms with Gasteiger partial charge in [0.2, 0.25) is 0 Å². The molecule has 4 aromatic rings. The monoisotopic (exact) mass is 609 g/mol. The molecule has 2 N–H and O–H groups in total. The summed E-state index contributed by atoms with van der Waals surface area (Å²) >= 11 is 12.6. The zero-order valence-electron chi connectivity index (χ0n) is 21.7. The Morgan fingerprint density at radius 1 is 1.02 bits per heavy atom. The molecule has 0 saturated carbocycles. The molecule has 0 fully saturated rings. The Kier molecular flexibility index (Phi) is 10.6. The molecule has 0 radical (unpaired) electrons. The number of hydrogen-bond donors (Lipinski definition) is 2. The van der Waals surface area contributed by atoms with Gasteiger partial charge in [0, 0.05) is 17.0 Å². The number of nitrogens with zero attached hydrogens (tertiary/aromatic N) is 2.